The van der Waals surface area contributed by atoms with Crippen LogP contribution in [0.3, 0.4) is 0 Å². The van der Waals surface area contributed by atoms with Gasteiger partial charge in [-0.1, -0.05) is 6.07 Å². The van der Waals surface area contributed by atoms with E-state index in [0.717, 1.165) is 13.1 Å². The Labute approximate surface area is 110 Å². The number of hydrogen-bond donors (Lipinski definition) is 1. The van der Waals surface area contributed by atoms with Crippen LogP contribution in [0.15, 0.2) is 36.4 Å². The quantitative estimate of drug-likeness (QED) is 0.809. The molecule has 0 bridgehead atoms. The molecule has 2 aromatic rings. The van der Waals surface area contributed by atoms with Gasteiger partial charge in [-0.05, 0) is 31.2 Å². The summed E-state index contributed by atoms with van der Waals surface area (Å²) in [7, 11) is 0. The van der Waals surface area contributed by atoms with Crippen molar-refractivity contribution < 1.29 is 9.13 Å². The molecular formula is C14H16FNOS. The van der Waals surface area contributed by atoms with E-state index in [1.165, 1.54) is 21.9 Å². The number of aryl methyl sites for hydroxylation is 1. The fourth-order valence-corrected chi connectivity index (χ4v) is 2.45. The van der Waals surface area contributed by atoms with Gasteiger partial charge in [0.2, 0.25) is 0 Å². The van der Waals surface area contributed by atoms with E-state index in [0.29, 0.717) is 12.4 Å². The summed E-state index contributed by atoms with van der Waals surface area (Å²) in [5.41, 5.74) is 0. The predicted octanol–water partition coefficient (Wildman–Crippen LogP) is 3.36. The molecule has 0 atom stereocenters. The maximum atomic E-state index is 12.9. The second-order valence-electron chi connectivity index (χ2n) is 3.99. The van der Waals surface area contributed by atoms with Crippen LogP contribution in [-0.2, 0) is 6.54 Å². The summed E-state index contributed by atoms with van der Waals surface area (Å²) < 4.78 is 18.3. The highest BCUT2D eigenvalue weighted by Crippen LogP contribution is 2.14. The predicted molar refractivity (Wildman–Crippen MR) is 72.7 cm³/mol. The maximum Gasteiger partial charge on any atom is 0.126 e. The second kappa shape index (κ2) is 6.52. The fraction of sp³-hybridized carbons (Fsp3) is 0.286. The third kappa shape index (κ3) is 4.13. The van der Waals surface area contributed by atoms with Crippen molar-refractivity contribution in [3.8, 4) is 5.75 Å². The summed E-state index contributed by atoms with van der Waals surface area (Å²) in [6, 6.07) is 10.4. The molecule has 0 spiro atoms. The van der Waals surface area contributed by atoms with E-state index in [2.05, 4.69) is 24.4 Å². The number of halogens is 1. The van der Waals surface area contributed by atoms with Crippen molar-refractivity contribution in [3.05, 3.63) is 52.0 Å². The summed E-state index contributed by atoms with van der Waals surface area (Å²) >= 11 is 1.79. The molecule has 0 aliphatic rings. The summed E-state index contributed by atoms with van der Waals surface area (Å²) in [5.74, 6) is 0.304. The number of ether oxygens (including phenoxy) is 1. The van der Waals surface area contributed by atoms with E-state index >= 15 is 0 Å². The van der Waals surface area contributed by atoms with Crippen molar-refractivity contribution in [2.24, 2.45) is 0 Å². The molecule has 1 N–H and O–H groups in total. The summed E-state index contributed by atoms with van der Waals surface area (Å²) in [6.45, 7) is 4.23. The van der Waals surface area contributed by atoms with Gasteiger partial charge in [0.1, 0.15) is 18.2 Å². The fourth-order valence-electron chi connectivity index (χ4n) is 1.59. The first-order valence-electron chi connectivity index (χ1n) is 5.88. The summed E-state index contributed by atoms with van der Waals surface area (Å²) in [6.07, 6.45) is 0. The Morgan fingerprint density at radius 1 is 1.28 bits per heavy atom. The Balaban J connectivity index is 1.64. The Kier molecular flexibility index (Phi) is 4.73. The van der Waals surface area contributed by atoms with Crippen LogP contribution in [0.4, 0.5) is 4.39 Å². The van der Waals surface area contributed by atoms with Gasteiger partial charge < -0.3 is 10.1 Å². The number of hydrogen-bond acceptors (Lipinski definition) is 3. The standard InChI is InChI=1S/C14H16FNOS/c1-11-5-6-14(18-11)10-16-7-8-17-13-4-2-3-12(15)9-13/h2-6,9,16H,7-8,10H2,1H3. The van der Waals surface area contributed by atoms with Gasteiger partial charge in [0, 0.05) is 28.9 Å². The normalized spacial score (nSPS) is 10.6. The third-order valence-corrected chi connectivity index (χ3v) is 3.44. The van der Waals surface area contributed by atoms with Crippen molar-refractivity contribution in [3.63, 3.8) is 0 Å². The highest BCUT2D eigenvalue weighted by molar-refractivity contribution is 7.11. The monoisotopic (exact) mass is 265 g/mol. The van der Waals surface area contributed by atoms with Gasteiger partial charge in [0.05, 0.1) is 0 Å². The number of benzene rings is 1. The van der Waals surface area contributed by atoms with Crippen molar-refractivity contribution in [1.29, 1.82) is 0 Å². The van der Waals surface area contributed by atoms with Gasteiger partial charge in [-0.25, -0.2) is 4.39 Å². The Hall–Kier alpha value is -1.39. The molecule has 0 amide bonds. The lowest BCUT2D eigenvalue weighted by atomic mass is 10.3. The third-order valence-electron chi connectivity index (χ3n) is 2.44. The SMILES string of the molecule is Cc1ccc(CNCCOc2cccc(F)c2)s1. The van der Waals surface area contributed by atoms with Crippen molar-refractivity contribution in [2.45, 2.75) is 13.5 Å². The van der Waals surface area contributed by atoms with Crippen LogP contribution in [0, 0.1) is 12.7 Å². The van der Waals surface area contributed by atoms with Crippen LogP contribution in [0.2, 0.25) is 0 Å². The van der Waals surface area contributed by atoms with E-state index in [1.807, 2.05) is 0 Å². The zero-order chi connectivity index (χ0) is 12.8. The van der Waals surface area contributed by atoms with Gasteiger partial charge in [-0.15, -0.1) is 11.3 Å². The number of rotatable bonds is 6. The Morgan fingerprint density at radius 3 is 2.89 bits per heavy atom. The molecular weight excluding hydrogens is 249 g/mol. The van der Waals surface area contributed by atoms with Crippen LogP contribution in [0.25, 0.3) is 0 Å². The van der Waals surface area contributed by atoms with Crippen molar-refractivity contribution in [1.82, 2.24) is 5.32 Å². The first-order chi connectivity index (χ1) is 8.74. The molecule has 1 aromatic carbocycles. The van der Waals surface area contributed by atoms with E-state index in [9.17, 15) is 4.39 Å². The average Bonchev–Trinajstić information content (AvgIpc) is 2.75. The smallest absolute Gasteiger partial charge is 0.126 e. The molecule has 2 rings (SSSR count). The average molecular weight is 265 g/mol. The van der Waals surface area contributed by atoms with Crippen molar-refractivity contribution in [2.75, 3.05) is 13.2 Å². The molecule has 18 heavy (non-hydrogen) atoms. The van der Waals surface area contributed by atoms with E-state index in [-0.39, 0.29) is 5.82 Å². The van der Waals surface area contributed by atoms with Crippen LogP contribution in [0.5, 0.6) is 5.75 Å². The largest absolute Gasteiger partial charge is 0.492 e. The molecule has 0 fully saturated rings. The first kappa shape index (κ1) is 13.1. The lowest BCUT2D eigenvalue weighted by Crippen LogP contribution is -2.20. The van der Waals surface area contributed by atoms with Crippen molar-refractivity contribution >= 4 is 11.3 Å². The highest BCUT2D eigenvalue weighted by atomic mass is 32.1. The zero-order valence-electron chi connectivity index (χ0n) is 10.3. The second-order valence-corrected chi connectivity index (χ2v) is 5.37. The molecule has 0 radical (unpaired) electrons. The van der Waals surface area contributed by atoms with E-state index in [4.69, 9.17) is 4.74 Å². The summed E-state index contributed by atoms with van der Waals surface area (Å²) in [5, 5.41) is 3.29. The summed E-state index contributed by atoms with van der Waals surface area (Å²) in [4.78, 5) is 2.64. The molecule has 0 aliphatic heterocycles. The molecule has 0 aliphatic carbocycles. The van der Waals surface area contributed by atoms with Gasteiger partial charge in [0.15, 0.2) is 0 Å². The molecule has 0 saturated heterocycles. The lowest BCUT2D eigenvalue weighted by Gasteiger charge is -2.06. The molecule has 96 valence electrons. The van der Waals surface area contributed by atoms with Gasteiger partial charge >= 0.3 is 0 Å². The minimum absolute atomic E-state index is 0.269. The highest BCUT2D eigenvalue weighted by Gasteiger charge is 1.97. The number of nitrogens with one attached hydrogen (secondary N) is 1. The van der Waals surface area contributed by atoms with Crippen LogP contribution in [0.1, 0.15) is 9.75 Å². The Bertz CT molecular complexity index is 498. The minimum atomic E-state index is -0.269. The van der Waals surface area contributed by atoms with Crippen LogP contribution >= 0.6 is 11.3 Å². The van der Waals surface area contributed by atoms with Gasteiger partial charge in [-0.3, -0.25) is 0 Å². The molecule has 1 aromatic heterocycles. The van der Waals surface area contributed by atoms with E-state index in [1.54, 1.807) is 23.5 Å². The molecule has 2 nitrogen and oxygen atoms in total. The molecule has 4 heteroatoms. The lowest BCUT2D eigenvalue weighted by molar-refractivity contribution is 0.312. The van der Waals surface area contributed by atoms with Gasteiger partial charge in [-0.2, -0.15) is 0 Å². The van der Waals surface area contributed by atoms with E-state index < -0.39 is 0 Å². The minimum Gasteiger partial charge on any atom is -0.492 e. The molecule has 1 heterocycles. The topological polar surface area (TPSA) is 21.3 Å². The maximum absolute atomic E-state index is 12.9. The van der Waals surface area contributed by atoms with Crippen LogP contribution in [-0.4, -0.2) is 13.2 Å². The van der Waals surface area contributed by atoms with Crippen LogP contribution < -0.4 is 10.1 Å². The Morgan fingerprint density at radius 2 is 2.17 bits per heavy atom. The first-order valence-corrected chi connectivity index (χ1v) is 6.70. The molecule has 0 unspecified atom stereocenters. The van der Waals surface area contributed by atoms with Gasteiger partial charge in [0.25, 0.3) is 0 Å². The zero-order valence-corrected chi connectivity index (χ0v) is 11.1. The molecule has 0 saturated carbocycles. The number of thiophene rings is 1.